The maximum absolute atomic E-state index is 13.7. The number of ether oxygens (including phenoxy) is 2. The van der Waals surface area contributed by atoms with E-state index in [0.29, 0.717) is 60.3 Å². The molecule has 0 amide bonds. The molecule has 2 N–H and O–H groups in total. The Morgan fingerprint density at radius 3 is 2.97 bits per heavy atom. The van der Waals surface area contributed by atoms with Crippen LogP contribution in [0.1, 0.15) is 30.4 Å². The van der Waals surface area contributed by atoms with Crippen molar-refractivity contribution in [2.24, 2.45) is 11.8 Å². The monoisotopic (exact) mass is 437 g/mol. The molecule has 1 aliphatic carbocycles. The van der Waals surface area contributed by atoms with E-state index >= 15 is 0 Å². The topological polar surface area (TPSA) is 92.1 Å². The Morgan fingerprint density at radius 2 is 2.16 bits per heavy atom. The molecule has 3 fully saturated rings. The average Bonchev–Trinajstić information content (AvgIpc) is 3.37. The summed E-state index contributed by atoms with van der Waals surface area (Å²) >= 11 is 0. The summed E-state index contributed by atoms with van der Waals surface area (Å²) < 4.78 is 25.1. The second-order valence-corrected chi connectivity index (χ2v) is 9.12. The minimum Gasteiger partial charge on any atom is -0.376 e. The van der Waals surface area contributed by atoms with E-state index in [2.05, 4.69) is 26.9 Å². The van der Waals surface area contributed by atoms with Crippen molar-refractivity contribution in [2.45, 2.75) is 44.4 Å². The van der Waals surface area contributed by atoms with Crippen LogP contribution in [-0.2, 0) is 9.47 Å². The average molecular weight is 438 g/mol. The Bertz CT molecular complexity index is 1020. The maximum Gasteiger partial charge on any atom is 0.166 e. The first-order chi connectivity index (χ1) is 15.6. The molecule has 1 aromatic heterocycles. The highest BCUT2D eigenvalue weighted by Gasteiger charge is 2.44. The van der Waals surface area contributed by atoms with Crippen LogP contribution in [0.15, 0.2) is 24.3 Å². The summed E-state index contributed by atoms with van der Waals surface area (Å²) in [6.45, 7) is 4.94. The first kappa shape index (κ1) is 21.3. The van der Waals surface area contributed by atoms with E-state index in [9.17, 15) is 9.65 Å². The molecule has 5 atom stereocenters. The molecular weight excluding hydrogens is 409 g/mol. The largest absolute Gasteiger partial charge is 0.376 e. The number of aromatic nitrogens is 2. The zero-order valence-corrected chi connectivity index (χ0v) is 18.2. The first-order valence-corrected chi connectivity index (χ1v) is 11.3. The molecule has 3 heterocycles. The summed E-state index contributed by atoms with van der Waals surface area (Å²) in [6, 6.07) is 9.15. The molecular formula is C24H28FN5O2. The highest BCUT2D eigenvalue weighted by molar-refractivity contribution is 5.67. The normalized spacial score (nSPS) is 29.5. The second-order valence-electron chi connectivity index (χ2n) is 9.12. The van der Waals surface area contributed by atoms with E-state index in [-0.39, 0.29) is 18.0 Å². The van der Waals surface area contributed by atoms with Gasteiger partial charge in [-0.2, -0.15) is 5.26 Å². The highest BCUT2D eigenvalue weighted by Crippen LogP contribution is 2.41. The van der Waals surface area contributed by atoms with Gasteiger partial charge in [-0.3, -0.25) is 0 Å². The van der Waals surface area contributed by atoms with Crippen LogP contribution < -0.4 is 10.6 Å². The summed E-state index contributed by atoms with van der Waals surface area (Å²) in [4.78, 5) is 0. The van der Waals surface area contributed by atoms with Crippen LogP contribution in [0, 0.1) is 35.9 Å². The van der Waals surface area contributed by atoms with Gasteiger partial charge in [0.2, 0.25) is 0 Å². The lowest BCUT2D eigenvalue weighted by Gasteiger charge is -2.28. The molecule has 0 radical (unpaired) electrons. The minimum absolute atomic E-state index is 0.168. The molecule has 1 saturated carbocycles. The third-order valence-electron chi connectivity index (χ3n) is 7.04. The molecule has 8 heteroatoms. The van der Waals surface area contributed by atoms with Crippen LogP contribution in [0.3, 0.4) is 0 Å². The zero-order chi connectivity index (χ0) is 22.1. The van der Waals surface area contributed by atoms with Gasteiger partial charge >= 0.3 is 0 Å². The van der Waals surface area contributed by atoms with Crippen molar-refractivity contribution in [3.05, 3.63) is 41.2 Å². The van der Waals surface area contributed by atoms with Crippen molar-refractivity contribution in [1.82, 2.24) is 15.5 Å². The molecule has 0 bridgehead atoms. The van der Waals surface area contributed by atoms with Gasteiger partial charge in [0.1, 0.15) is 11.9 Å². The lowest BCUT2D eigenvalue weighted by molar-refractivity contribution is -0.0943. The molecule has 168 valence electrons. The fraction of sp³-hybridized carbons (Fsp3) is 0.542. The first-order valence-electron chi connectivity index (χ1n) is 11.3. The fourth-order valence-corrected chi connectivity index (χ4v) is 5.45. The minimum atomic E-state index is -0.334. The van der Waals surface area contributed by atoms with Gasteiger partial charge in [-0.15, -0.1) is 10.2 Å². The Morgan fingerprint density at radius 1 is 1.25 bits per heavy atom. The number of rotatable bonds is 5. The Hall–Kier alpha value is -2.60. The van der Waals surface area contributed by atoms with Crippen molar-refractivity contribution in [3.8, 4) is 17.3 Å². The van der Waals surface area contributed by atoms with E-state index in [1.165, 1.54) is 12.1 Å². The summed E-state index contributed by atoms with van der Waals surface area (Å²) in [6.07, 6.45) is 3.20. The van der Waals surface area contributed by atoms with Crippen LogP contribution >= 0.6 is 0 Å². The number of benzene rings is 1. The van der Waals surface area contributed by atoms with Gasteiger partial charge in [0.15, 0.2) is 5.82 Å². The van der Waals surface area contributed by atoms with Crippen LogP contribution in [0.5, 0.6) is 0 Å². The van der Waals surface area contributed by atoms with Gasteiger partial charge in [-0.25, -0.2) is 4.39 Å². The molecule has 5 rings (SSSR count). The molecule has 7 nitrogen and oxygen atoms in total. The number of aryl methyl sites for hydroxylation is 1. The van der Waals surface area contributed by atoms with Gasteiger partial charge in [0.05, 0.1) is 37.2 Å². The molecule has 0 spiro atoms. The quantitative estimate of drug-likeness (QED) is 0.743. The molecule has 1 aromatic carbocycles. The number of hydrogen-bond donors (Lipinski definition) is 2. The standard InChI is InChI=1S/C24H28FN5O2/c1-14-2-3-17(25)8-20(14)23-7-15(11-26)24(30-29-23)28-18-6-16-12-27-22(21(16)9-18)10-19-13-31-4-5-32-19/h2-3,7-8,16,18-19,21-22,27H,4-6,9-10,12-13H2,1H3,(H,28,30)/t16-,18+,19+,21+,22+/m1/s1. The number of hydrogen-bond acceptors (Lipinski definition) is 7. The van der Waals surface area contributed by atoms with Crippen LogP contribution in [-0.4, -0.2) is 54.8 Å². The molecule has 2 aliphatic heterocycles. The molecule has 2 aromatic rings. The van der Waals surface area contributed by atoms with Crippen molar-refractivity contribution < 1.29 is 13.9 Å². The van der Waals surface area contributed by atoms with E-state index in [0.717, 1.165) is 31.4 Å². The maximum atomic E-state index is 13.7. The van der Waals surface area contributed by atoms with Crippen molar-refractivity contribution in [3.63, 3.8) is 0 Å². The zero-order valence-electron chi connectivity index (χ0n) is 18.2. The SMILES string of the molecule is Cc1ccc(F)cc1-c1cc(C#N)c(N[C@H]2C[C@@H]3CN[C@@H](C[C@H]4COCCO4)[C@H]3C2)nn1. The smallest absolute Gasteiger partial charge is 0.166 e. The van der Waals surface area contributed by atoms with Crippen molar-refractivity contribution >= 4 is 5.82 Å². The summed E-state index contributed by atoms with van der Waals surface area (Å²) in [5, 5.41) is 25.4. The number of nitrogens with zero attached hydrogens (tertiary/aromatic N) is 3. The van der Waals surface area contributed by atoms with E-state index in [4.69, 9.17) is 9.47 Å². The molecule has 3 aliphatic rings. The number of nitrogens with one attached hydrogen (secondary N) is 2. The fourth-order valence-electron chi connectivity index (χ4n) is 5.45. The van der Waals surface area contributed by atoms with Crippen molar-refractivity contribution in [1.29, 1.82) is 5.26 Å². The lowest BCUT2D eigenvalue weighted by atomic mass is 9.91. The van der Waals surface area contributed by atoms with Crippen molar-refractivity contribution in [2.75, 3.05) is 31.7 Å². The summed E-state index contributed by atoms with van der Waals surface area (Å²) in [7, 11) is 0. The van der Waals surface area contributed by atoms with Crippen LogP contribution in [0.25, 0.3) is 11.3 Å². The molecule has 0 unspecified atom stereocenters. The predicted octanol–water partition coefficient (Wildman–Crippen LogP) is 3.05. The third-order valence-corrected chi connectivity index (χ3v) is 7.04. The van der Waals surface area contributed by atoms with Gasteiger partial charge < -0.3 is 20.1 Å². The van der Waals surface area contributed by atoms with Gasteiger partial charge in [-0.05, 0) is 68.3 Å². The van der Waals surface area contributed by atoms with E-state index in [1.807, 2.05) is 6.92 Å². The summed E-state index contributed by atoms with van der Waals surface area (Å²) in [5.41, 5.74) is 2.48. The Balaban J connectivity index is 1.26. The molecule has 2 saturated heterocycles. The van der Waals surface area contributed by atoms with Gasteiger partial charge in [0.25, 0.3) is 0 Å². The second kappa shape index (κ2) is 9.10. The van der Waals surface area contributed by atoms with Gasteiger partial charge in [0, 0.05) is 17.6 Å². The Kier molecular flexibility index (Phi) is 6.05. The number of halogens is 1. The van der Waals surface area contributed by atoms with Crippen LogP contribution in [0.2, 0.25) is 0 Å². The lowest BCUT2D eigenvalue weighted by Crippen LogP contribution is -2.38. The highest BCUT2D eigenvalue weighted by atomic mass is 19.1. The van der Waals surface area contributed by atoms with Crippen LogP contribution in [0.4, 0.5) is 10.2 Å². The summed E-state index contributed by atoms with van der Waals surface area (Å²) in [5.74, 6) is 1.35. The predicted molar refractivity (Wildman–Crippen MR) is 117 cm³/mol. The number of nitriles is 1. The van der Waals surface area contributed by atoms with Gasteiger partial charge in [-0.1, -0.05) is 6.07 Å². The van der Waals surface area contributed by atoms with E-state index < -0.39 is 0 Å². The van der Waals surface area contributed by atoms with E-state index in [1.54, 1.807) is 12.1 Å². The molecule has 32 heavy (non-hydrogen) atoms. The number of anilines is 1. The Labute approximate surface area is 187 Å². The number of fused-ring (bicyclic) bond motifs is 1. The third kappa shape index (κ3) is 4.33.